The highest BCUT2D eigenvalue weighted by atomic mass is 32.2. The topological polar surface area (TPSA) is 99.2 Å². The van der Waals surface area contributed by atoms with Gasteiger partial charge in [0.05, 0.1) is 12.7 Å². The van der Waals surface area contributed by atoms with Crippen LogP contribution in [0, 0.1) is 6.92 Å². The number of hydrogen-bond donors (Lipinski definition) is 0. The van der Waals surface area contributed by atoms with E-state index in [-0.39, 0.29) is 29.4 Å². The molecule has 2 aliphatic heterocycles. The van der Waals surface area contributed by atoms with Crippen LogP contribution in [0.2, 0.25) is 0 Å². The summed E-state index contributed by atoms with van der Waals surface area (Å²) in [5.74, 6) is -0.294. The second-order valence-electron chi connectivity index (χ2n) is 9.36. The van der Waals surface area contributed by atoms with Gasteiger partial charge in [-0.25, -0.2) is 8.42 Å². The van der Waals surface area contributed by atoms with Gasteiger partial charge in [-0.05, 0) is 64.7 Å². The van der Waals surface area contributed by atoms with Crippen LogP contribution < -0.4 is 4.74 Å². The van der Waals surface area contributed by atoms with Crippen LogP contribution in [0.15, 0.2) is 23.1 Å². The molecule has 2 fully saturated rings. The quantitative estimate of drug-likeness (QED) is 0.428. The lowest BCUT2D eigenvalue weighted by atomic mass is 10.1. The zero-order valence-corrected chi connectivity index (χ0v) is 20.0. The van der Waals surface area contributed by atoms with Crippen molar-refractivity contribution in [2.45, 2.75) is 88.5 Å². The van der Waals surface area contributed by atoms with E-state index in [4.69, 9.17) is 14.2 Å². The molecular weight excluding hydrogens is 434 g/mol. The molecule has 0 saturated carbocycles. The van der Waals surface area contributed by atoms with Crippen molar-refractivity contribution >= 4 is 22.3 Å². The number of carbonyl (C=O) groups is 2. The van der Waals surface area contributed by atoms with Crippen LogP contribution in [0.5, 0.6) is 5.75 Å². The third-order valence-corrected chi connectivity index (χ3v) is 7.51. The van der Waals surface area contributed by atoms with Gasteiger partial charge in [-0.15, -0.1) is 0 Å². The van der Waals surface area contributed by atoms with Gasteiger partial charge >= 0.3 is 5.97 Å². The predicted molar refractivity (Wildman–Crippen MR) is 118 cm³/mol. The van der Waals surface area contributed by atoms with E-state index in [9.17, 15) is 18.0 Å². The number of rotatable bonds is 8. The zero-order chi connectivity index (χ0) is 23.5. The first-order chi connectivity index (χ1) is 15.0. The molecule has 0 aliphatic carbocycles. The molecule has 0 N–H and O–H groups in total. The van der Waals surface area contributed by atoms with Gasteiger partial charge in [0.2, 0.25) is 10.0 Å². The smallest absolute Gasteiger partial charge is 0.324 e. The number of benzene rings is 1. The molecule has 2 aliphatic rings. The Bertz CT molecular complexity index is 938. The fraction of sp³-hybridized carbons (Fsp3) is 0.652. The number of ether oxygens (including phenoxy) is 3. The second-order valence-corrected chi connectivity index (χ2v) is 11.2. The summed E-state index contributed by atoms with van der Waals surface area (Å²) in [6, 6.07) is 4.08. The standard InChI is InChI=1S/C23H33NO7S/c1-16-9-10-21(20(15-16)30-19-11-14-29-18(19)8-6-13-25)32(27,28)24-12-5-7-17(24)22(26)31-23(2,3)4/h9-10,13,15,17-19H,5-8,11-12,14H2,1-4H3/t17-,18+,19+/m0/s1. The van der Waals surface area contributed by atoms with Gasteiger partial charge < -0.3 is 19.0 Å². The van der Waals surface area contributed by atoms with Gasteiger partial charge in [0, 0.05) is 19.4 Å². The Hall–Kier alpha value is -1.97. The summed E-state index contributed by atoms with van der Waals surface area (Å²) < 4.78 is 45.8. The number of aldehydes is 1. The van der Waals surface area contributed by atoms with Crippen LogP contribution in [-0.4, -0.2) is 62.0 Å². The van der Waals surface area contributed by atoms with Crippen molar-refractivity contribution < 1.29 is 32.2 Å². The monoisotopic (exact) mass is 467 g/mol. The molecule has 178 valence electrons. The maximum absolute atomic E-state index is 13.6. The number of aryl methyl sites for hydroxylation is 1. The summed E-state index contributed by atoms with van der Waals surface area (Å²) in [7, 11) is -4.00. The third kappa shape index (κ3) is 5.68. The number of carbonyl (C=O) groups excluding carboxylic acids is 2. The fourth-order valence-electron chi connectivity index (χ4n) is 4.11. The molecule has 0 unspecified atom stereocenters. The van der Waals surface area contributed by atoms with Gasteiger partial charge in [-0.3, -0.25) is 4.79 Å². The van der Waals surface area contributed by atoms with Crippen molar-refractivity contribution in [3.05, 3.63) is 23.8 Å². The molecule has 2 heterocycles. The van der Waals surface area contributed by atoms with Crippen molar-refractivity contribution in [2.24, 2.45) is 0 Å². The largest absolute Gasteiger partial charge is 0.486 e. The highest BCUT2D eigenvalue weighted by molar-refractivity contribution is 7.89. The minimum absolute atomic E-state index is 0.0274. The average molecular weight is 468 g/mol. The molecule has 32 heavy (non-hydrogen) atoms. The summed E-state index contributed by atoms with van der Waals surface area (Å²) >= 11 is 0. The Balaban J connectivity index is 1.88. The highest BCUT2D eigenvalue weighted by Crippen LogP contribution is 2.35. The summed E-state index contributed by atoms with van der Waals surface area (Å²) in [5.41, 5.74) is 0.152. The lowest BCUT2D eigenvalue weighted by Crippen LogP contribution is -2.43. The van der Waals surface area contributed by atoms with Crippen LogP contribution in [0.3, 0.4) is 0 Å². The molecule has 2 saturated heterocycles. The normalized spacial score (nSPS) is 24.4. The Morgan fingerprint density at radius 1 is 1.28 bits per heavy atom. The predicted octanol–water partition coefficient (Wildman–Crippen LogP) is 3.01. The van der Waals surface area contributed by atoms with Crippen molar-refractivity contribution in [1.29, 1.82) is 0 Å². The fourth-order valence-corrected chi connectivity index (χ4v) is 5.86. The minimum atomic E-state index is -4.00. The van der Waals surface area contributed by atoms with Crippen LogP contribution in [-0.2, 0) is 29.1 Å². The molecular formula is C23H33NO7S. The van der Waals surface area contributed by atoms with Gasteiger partial charge in [-0.1, -0.05) is 6.07 Å². The Morgan fingerprint density at radius 2 is 2.03 bits per heavy atom. The zero-order valence-electron chi connectivity index (χ0n) is 19.2. The number of sulfonamides is 1. The first-order valence-electron chi connectivity index (χ1n) is 11.1. The van der Waals surface area contributed by atoms with E-state index in [0.29, 0.717) is 38.7 Å². The van der Waals surface area contributed by atoms with Crippen molar-refractivity contribution in [3.63, 3.8) is 0 Å². The SMILES string of the molecule is Cc1ccc(S(=O)(=O)N2CCC[C@H]2C(=O)OC(C)(C)C)c(O[C@@H]2CCO[C@@H]2CCC=O)c1. The molecule has 0 bridgehead atoms. The summed E-state index contributed by atoms with van der Waals surface area (Å²) in [6.45, 7) is 7.88. The molecule has 0 amide bonds. The van der Waals surface area contributed by atoms with Crippen LogP contribution in [0.1, 0.15) is 58.4 Å². The first-order valence-corrected chi connectivity index (χ1v) is 12.5. The number of hydrogen-bond acceptors (Lipinski definition) is 7. The maximum Gasteiger partial charge on any atom is 0.324 e. The molecule has 3 atom stereocenters. The molecule has 0 radical (unpaired) electrons. The summed E-state index contributed by atoms with van der Waals surface area (Å²) in [6.07, 6.45) is 2.72. The van der Waals surface area contributed by atoms with E-state index < -0.39 is 27.6 Å². The molecule has 0 spiro atoms. The first kappa shape index (κ1) is 24.7. The Morgan fingerprint density at radius 3 is 2.72 bits per heavy atom. The van der Waals surface area contributed by atoms with Crippen molar-refractivity contribution in [3.8, 4) is 5.75 Å². The molecule has 3 rings (SSSR count). The van der Waals surface area contributed by atoms with E-state index >= 15 is 0 Å². The molecule has 8 nitrogen and oxygen atoms in total. The lowest BCUT2D eigenvalue weighted by Gasteiger charge is -2.28. The van der Waals surface area contributed by atoms with E-state index in [0.717, 1.165) is 11.8 Å². The van der Waals surface area contributed by atoms with E-state index in [1.165, 1.54) is 10.4 Å². The van der Waals surface area contributed by atoms with Gasteiger partial charge in [-0.2, -0.15) is 4.31 Å². The lowest BCUT2D eigenvalue weighted by molar-refractivity contribution is -0.158. The van der Waals surface area contributed by atoms with E-state index in [2.05, 4.69) is 0 Å². The van der Waals surface area contributed by atoms with Gasteiger partial charge in [0.15, 0.2) is 0 Å². The third-order valence-electron chi connectivity index (χ3n) is 5.56. The Labute approximate surface area is 190 Å². The van der Waals surface area contributed by atoms with Crippen molar-refractivity contribution in [1.82, 2.24) is 4.31 Å². The summed E-state index contributed by atoms with van der Waals surface area (Å²) in [5, 5.41) is 0. The van der Waals surface area contributed by atoms with Crippen LogP contribution >= 0.6 is 0 Å². The average Bonchev–Trinajstić information content (AvgIpc) is 3.35. The number of nitrogens with zero attached hydrogens (tertiary/aromatic N) is 1. The molecule has 1 aromatic rings. The highest BCUT2D eigenvalue weighted by Gasteiger charge is 2.43. The van der Waals surface area contributed by atoms with Crippen LogP contribution in [0.4, 0.5) is 0 Å². The van der Waals surface area contributed by atoms with Crippen molar-refractivity contribution in [2.75, 3.05) is 13.2 Å². The molecule has 1 aromatic carbocycles. The van der Waals surface area contributed by atoms with E-state index in [1.54, 1.807) is 32.9 Å². The summed E-state index contributed by atoms with van der Waals surface area (Å²) in [4.78, 5) is 23.5. The molecule has 9 heteroatoms. The molecule has 0 aromatic heterocycles. The second kappa shape index (κ2) is 9.89. The van der Waals surface area contributed by atoms with Gasteiger partial charge in [0.1, 0.15) is 34.7 Å². The Kier molecular flexibility index (Phi) is 7.62. The maximum atomic E-state index is 13.6. The number of esters is 1. The minimum Gasteiger partial charge on any atom is -0.486 e. The van der Waals surface area contributed by atoms with Gasteiger partial charge in [0.25, 0.3) is 0 Å². The van der Waals surface area contributed by atoms with Crippen LogP contribution in [0.25, 0.3) is 0 Å². The van der Waals surface area contributed by atoms with E-state index in [1.807, 2.05) is 6.92 Å².